The second-order valence-corrected chi connectivity index (χ2v) is 5.48. The first-order chi connectivity index (χ1) is 10.2. The van der Waals surface area contributed by atoms with Crippen LogP contribution in [0.25, 0.3) is 0 Å². The van der Waals surface area contributed by atoms with E-state index in [0.29, 0.717) is 31.2 Å². The van der Waals surface area contributed by atoms with Gasteiger partial charge in [0.05, 0.1) is 13.0 Å². The standard InChI is InChI=1S/C13H19F3N4O2/c1-9-17-12(18-22-9)8-20(10(2)21)11-3-5-19(7-11)6-4-13(14,15)16/h11H,3-8H2,1-2H3/t11-/m1/s1. The van der Waals surface area contributed by atoms with Gasteiger partial charge in [-0.15, -0.1) is 0 Å². The number of nitrogens with zero attached hydrogens (tertiary/aromatic N) is 4. The Morgan fingerprint density at radius 1 is 1.50 bits per heavy atom. The Labute approximate surface area is 126 Å². The molecule has 6 nitrogen and oxygen atoms in total. The van der Waals surface area contributed by atoms with Crippen LogP contribution in [0.3, 0.4) is 0 Å². The lowest BCUT2D eigenvalue weighted by Gasteiger charge is -2.27. The zero-order chi connectivity index (χ0) is 16.3. The molecular weight excluding hydrogens is 301 g/mol. The summed E-state index contributed by atoms with van der Waals surface area (Å²) in [5.74, 6) is 0.670. The Morgan fingerprint density at radius 3 is 2.77 bits per heavy atom. The van der Waals surface area contributed by atoms with E-state index in [1.807, 2.05) is 0 Å². The quantitative estimate of drug-likeness (QED) is 0.827. The first-order valence-corrected chi connectivity index (χ1v) is 7.10. The van der Waals surface area contributed by atoms with Crippen molar-refractivity contribution in [1.29, 1.82) is 0 Å². The molecule has 124 valence electrons. The van der Waals surface area contributed by atoms with Crippen LogP contribution in [0, 0.1) is 6.92 Å². The van der Waals surface area contributed by atoms with Crippen LogP contribution in [0.5, 0.6) is 0 Å². The van der Waals surface area contributed by atoms with Gasteiger partial charge in [-0.1, -0.05) is 5.16 Å². The van der Waals surface area contributed by atoms with Crippen LogP contribution in [-0.2, 0) is 11.3 Å². The molecule has 1 saturated heterocycles. The number of amides is 1. The minimum Gasteiger partial charge on any atom is -0.340 e. The zero-order valence-corrected chi connectivity index (χ0v) is 12.6. The molecule has 2 heterocycles. The van der Waals surface area contributed by atoms with Gasteiger partial charge < -0.3 is 14.3 Å². The topological polar surface area (TPSA) is 62.5 Å². The van der Waals surface area contributed by atoms with Gasteiger partial charge in [0.25, 0.3) is 0 Å². The molecule has 0 spiro atoms. The van der Waals surface area contributed by atoms with Crippen molar-refractivity contribution in [3.05, 3.63) is 11.7 Å². The molecule has 1 fully saturated rings. The van der Waals surface area contributed by atoms with Gasteiger partial charge in [0.1, 0.15) is 0 Å². The minimum atomic E-state index is -4.15. The van der Waals surface area contributed by atoms with E-state index in [9.17, 15) is 18.0 Å². The third-order valence-corrected chi connectivity index (χ3v) is 3.69. The van der Waals surface area contributed by atoms with Crippen molar-refractivity contribution in [3.63, 3.8) is 0 Å². The van der Waals surface area contributed by atoms with Gasteiger partial charge in [-0.25, -0.2) is 0 Å². The summed E-state index contributed by atoms with van der Waals surface area (Å²) in [7, 11) is 0. The fourth-order valence-electron chi connectivity index (χ4n) is 2.61. The maximum absolute atomic E-state index is 12.3. The first kappa shape index (κ1) is 16.7. The van der Waals surface area contributed by atoms with Gasteiger partial charge in [-0.05, 0) is 6.42 Å². The number of carbonyl (C=O) groups excluding carboxylic acids is 1. The molecule has 1 amide bonds. The van der Waals surface area contributed by atoms with Gasteiger partial charge in [0.15, 0.2) is 5.82 Å². The second kappa shape index (κ2) is 6.64. The lowest BCUT2D eigenvalue weighted by molar-refractivity contribution is -0.138. The molecule has 0 saturated carbocycles. The van der Waals surface area contributed by atoms with Crippen LogP contribution < -0.4 is 0 Å². The van der Waals surface area contributed by atoms with Gasteiger partial charge in [-0.3, -0.25) is 4.79 Å². The van der Waals surface area contributed by atoms with E-state index >= 15 is 0 Å². The Kier molecular flexibility index (Phi) is 5.05. The second-order valence-electron chi connectivity index (χ2n) is 5.48. The number of aryl methyl sites for hydroxylation is 1. The molecule has 1 aliphatic heterocycles. The normalized spacial score (nSPS) is 19.6. The smallest absolute Gasteiger partial charge is 0.340 e. The largest absolute Gasteiger partial charge is 0.390 e. The van der Waals surface area contributed by atoms with Gasteiger partial charge in [-0.2, -0.15) is 18.2 Å². The SMILES string of the molecule is CC(=O)N(Cc1noc(C)n1)[C@@H]1CCN(CCC(F)(F)F)C1. The molecular formula is C13H19F3N4O2. The molecule has 22 heavy (non-hydrogen) atoms. The van der Waals surface area contributed by atoms with Gasteiger partial charge in [0, 0.05) is 39.5 Å². The molecule has 0 unspecified atom stereocenters. The molecule has 0 radical (unpaired) electrons. The lowest BCUT2D eigenvalue weighted by atomic mass is 10.2. The molecule has 0 aliphatic carbocycles. The molecule has 0 bridgehead atoms. The van der Waals surface area contributed by atoms with E-state index in [1.165, 1.54) is 6.92 Å². The Bertz CT molecular complexity index is 518. The van der Waals surface area contributed by atoms with Crippen molar-refractivity contribution < 1.29 is 22.5 Å². The molecule has 0 aromatic carbocycles. The summed E-state index contributed by atoms with van der Waals surface area (Å²) in [6.45, 7) is 4.26. The highest BCUT2D eigenvalue weighted by Crippen LogP contribution is 2.23. The summed E-state index contributed by atoms with van der Waals surface area (Å²) in [5, 5.41) is 3.75. The fraction of sp³-hybridized carbons (Fsp3) is 0.769. The van der Waals surface area contributed by atoms with Crippen LogP contribution in [0.1, 0.15) is 31.5 Å². The summed E-state index contributed by atoms with van der Waals surface area (Å²) >= 11 is 0. The molecule has 1 atom stereocenters. The van der Waals surface area contributed by atoms with E-state index in [0.717, 1.165) is 0 Å². The van der Waals surface area contributed by atoms with Gasteiger partial charge >= 0.3 is 6.18 Å². The van der Waals surface area contributed by atoms with Crippen molar-refractivity contribution in [3.8, 4) is 0 Å². The Balaban J connectivity index is 1.92. The number of hydrogen-bond acceptors (Lipinski definition) is 5. The zero-order valence-electron chi connectivity index (χ0n) is 12.6. The van der Waals surface area contributed by atoms with Crippen molar-refractivity contribution in [2.24, 2.45) is 0 Å². The van der Waals surface area contributed by atoms with Crippen LogP contribution in [0.15, 0.2) is 4.52 Å². The Hall–Kier alpha value is -1.64. The number of alkyl halides is 3. The predicted molar refractivity (Wildman–Crippen MR) is 70.8 cm³/mol. The summed E-state index contributed by atoms with van der Waals surface area (Å²) < 4.78 is 41.7. The number of likely N-dealkylation sites (tertiary alicyclic amines) is 1. The average molecular weight is 320 g/mol. The monoisotopic (exact) mass is 320 g/mol. The predicted octanol–water partition coefficient (Wildman–Crippen LogP) is 1.75. The third kappa shape index (κ3) is 4.69. The van der Waals surface area contributed by atoms with Crippen LogP contribution in [0.4, 0.5) is 13.2 Å². The van der Waals surface area contributed by atoms with Crippen LogP contribution in [-0.4, -0.2) is 57.7 Å². The van der Waals surface area contributed by atoms with Crippen molar-refractivity contribution in [2.75, 3.05) is 19.6 Å². The van der Waals surface area contributed by atoms with E-state index < -0.39 is 12.6 Å². The van der Waals surface area contributed by atoms with Crippen LogP contribution in [0.2, 0.25) is 0 Å². The number of carbonyl (C=O) groups is 1. The third-order valence-electron chi connectivity index (χ3n) is 3.69. The van der Waals surface area contributed by atoms with Crippen LogP contribution >= 0.6 is 0 Å². The Morgan fingerprint density at radius 2 is 2.23 bits per heavy atom. The maximum atomic E-state index is 12.3. The van der Waals surface area contributed by atoms with Crippen molar-refractivity contribution in [2.45, 2.75) is 45.5 Å². The molecule has 2 rings (SSSR count). The maximum Gasteiger partial charge on any atom is 0.390 e. The summed E-state index contributed by atoms with van der Waals surface area (Å²) in [6.07, 6.45) is -4.33. The summed E-state index contributed by atoms with van der Waals surface area (Å²) in [6, 6.07) is -0.121. The first-order valence-electron chi connectivity index (χ1n) is 7.10. The minimum absolute atomic E-state index is 0.0347. The lowest BCUT2D eigenvalue weighted by Crippen LogP contribution is -2.40. The van der Waals surface area contributed by atoms with Crippen molar-refractivity contribution >= 4 is 5.91 Å². The number of aromatic nitrogens is 2. The van der Waals surface area contributed by atoms with Gasteiger partial charge in [0.2, 0.25) is 11.8 Å². The number of rotatable bonds is 5. The summed E-state index contributed by atoms with van der Waals surface area (Å²) in [5.41, 5.74) is 0. The van der Waals surface area contributed by atoms with Crippen molar-refractivity contribution in [1.82, 2.24) is 19.9 Å². The highest BCUT2D eigenvalue weighted by Gasteiger charge is 2.33. The van der Waals surface area contributed by atoms with E-state index in [-0.39, 0.29) is 25.0 Å². The van der Waals surface area contributed by atoms with E-state index in [2.05, 4.69) is 10.1 Å². The van der Waals surface area contributed by atoms with E-state index in [4.69, 9.17) is 4.52 Å². The molecule has 1 aromatic rings. The molecule has 9 heteroatoms. The number of halogens is 3. The summed E-state index contributed by atoms with van der Waals surface area (Å²) in [4.78, 5) is 19.2. The van der Waals surface area contributed by atoms with E-state index in [1.54, 1.807) is 16.7 Å². The average Bonchev–Trinajstić information content (AvgIpc) is 3.01. The fourth-order valence-corrected chi connectivity index (χ4v) is 2.61. The highest BCUT2D eigenvalue weighted by molar-refractivity contribution is 5.73. The number of hydrogen-bond donors (Lipinski definition) is 0. The molecule has 0 N–H and O–H groups in total. The molecule has 1 aromatic heterocycles. The highest BCUT2D eigenvalue weighted by atomic mass is 19.4. The molecule has 1 aliphatic rings.